The second kappa shape index (κ2) is 35.1. The average molecular weight is 604 g/mol. The third kappa shape index (κ3) is 31.8. The zero-order valence-corrected chi connectivity index (χ0v) is 28.7. The van der Waals surface area contributed by atoms with Crippen LogP contribution in [0.15, 0.2) is 36.5 Å². The van der Waals surface area contributed by atoms with Crippen LogP contribution in [0.3, 0.4) is 0 Å². The minimum absolute atomic E-state index is 0.0677. The third-order valence-corrected chi connectivity index (χ3v) is 8.38. The Hall–Kier alpha value is -1.39. The molecule has 43 heavy (non-hydrogen) atoms. The predicted octanol–water partition coefficient (Wildman–Crippen LogP) is 11.1. The largest absolute Gasteiger partial charge is 0.394 e. The van der Waals surface area contributed by atoms with E-state index in [1.165, 1.54) is 128 Å². The summed E-state index contributed by atoms with van der Waals surface area (Å²) in [4.78, 5) is 12.3. The van der Waals surface area contributed by atoms with Gasteiger partial charge in [-0.3, -0.25) is 4.79 Å². The molecule has 1 amide bonds. The number of hydrogen-bond acceptors (Lipinski definition) is 3. The van der Waals surface area contributed by atoms with Gasteiger partial charge in [0, 0.05) is 6.42 Å². The topological polar surface area (TPSA) is 69.6 Å². The molecule has 2 atom stereocenters. The van der Waals surface area contributed by atoms with Crippen molar-refractivity contribution >= 4 is 5.91 Å². The molecule has 0 saturated carbocycles. The predicted molar refractivity (Wildman–Crippen MR) is 188 cm³/mol. The first kappa shape index (κ1) is 41.6. The van der Waals surface area contributed by atoms with Crippen molar-refractivity contribution in [2.24, 2.45) is 0 Å². The van der Waals surface area contributed by atoms with E-state index in [1.807, 2.05) is 6.08 Å². The van der Waals surface area contributed by atoms with Gasteiger partial charge in [0.15, 0.2) is 0 Å². The molecule has 0 saturated heterocycles. The highest BCUT2D eigenvalue weighted by Crippen LogP contribution is 2.14. The van der Waals surface area contributed by atoms with E-state index in [4.69, 9.17) is 0 Å². The molecule has 0 aromatic heterocycles. The molecule has 252 valence electrons. The van der Waals surface area contributed by atoms with Crippen LogP contribution in [0, 0.1) is 0 Å². The maximum absolute atomic E-state index is 12.3. The van der Waals surface area contributed by atoms with E-state index >= 15 is 0 Å². The molecule has 4 nitrogen and oxygen atoms in total. The van der Waals surface area contributed by atoms with E-state index in [-0.39, 0.29) is 12.5 Å². The molecule has 0 heterocycles. The highest BCUT2D eigenvalue weighted by Gasteiger charge is 2.17. The monoisotopic (exact) mass is 604 g/mol. The van der Waals surface area contributed by atoms with Crippen LogP contribution >= 0.6 is 0 Å². The number of amides is 1. The number of rotatable bonds is 33. The van der Waals surface area contributed by atoms with Gasteiger partial charge in [0.25, 0.3) is 0 Å². The quantitative estimate of drug-likeness (QED) is 0.0516. The number of allylic oxidation sites excluding steroid dienone is 5. The Morgan fingerprint density at radius 2 is 1.02 bits per heavy atom. The number of carbonyl (C=O) groups excluding carboxylic acids is 1. The molecule has 0 radical (unpaired) electrons. The van der Waals surface area contributed by atoms with Gasteiger partial charge in [-0.25, -0.2) is 0 Å². The van der Waals surface area contributed by atoms with E-state index in [0.29, 0.717) is 6.42 Å². The van der Waals surface area contributed by atoms with E-state index in [2.05, 4.69) is 43.5 Å². The molecule has 2 unspecified atom stereocenters. The highest BCUT2D eigenvalue weighted by atomic mass is 16.3. The molecule has 0 aromatic rings. The molecule has 0 bridgehead atoms. The smallest absolute Gasteiger partial charge is 0.220 e. The molecule has 0 rings (SSSR count). The molecular weight excluding hydrogens is 530 g/mol. The number of nitrogens with one attached hydrogen (secondary N) is 1. The minimum Gasteiger partial charge on any atom is -0.394 e. The Morgan fingerprint density at radius 3 is 1.51 bits per heavy atom. The van der Waals surface area contributed by atoms with Crippen LogP contribution < -0.4 is 5.32 Å². The van der Waals surface area contributed by atoms with Crippen molar-refractivity contribution in [1.82, 2.24) is 5.32 Å². The molecule has 0 aromatic carbocycles. The van der Waals surface area contributed by atoms with Crippen LogP contribution in [-0.4, -0.2) is 34.9 Å². The van der Waals surface area contributed by atoms with E-state index in [9.17, 15) is 15.0 Å². The standard InChI is InChI=1S/C39H73NO3/c1-3-5-7-9-11-13-15-16-17-18-19-20-21-22-23-24-25-27-29-31-33-35-39(43)40-37(36-41)38(42)34-32-30-28-26-14-12-10-8-6-4-2/h5,7,11,13,32,34,37-38,41-42H,3-4,6,8-10,12,14-31,33,35-36H2,1-2H3,(H,40,43)/b7-5-,13-11-,34-32+. The summed E-state index contributed by atoms with van der Waals surface area (Å²) in [6, 6.07) is -0.618. The Bertz CT molecular complexity index is 657. The number of carbonyl (C=O) groups is 1. The van der Waals surface area contributed by atoms with Crippen molar-refractivity contribution in [3.8, 4) is 0 Å². The van der Waals surface area contributed by atoms with Crippen LogP contribution in [0.25, 0.3) is 0 Å². The van der Waals surface area contributed by atoms with Crippen LogP contribution in [-0.2, 0) is 4.79 Å². The first-order valence-corrected chi connectivity index (χ1v) is 18.7. The number of aliphatic hydroxyl groups is 2. The molecule has 0 aliphatic carbocycles. The van der Waals surface area contributed by atoms with Crippen molar-refractivity contribution in [3.63, 3.8) is 0 Å². The Morgan fingerprint density at radius 1 is 0.581 bits per heavy atom. The lowest BCUT2D eigenvalue weighted by atomic mass is 10.0. The van der Waals surface area contributed by atoms with Gasteiger partial charge in [0.1, 0.15) is 0 Å². The van der Waals surface area contributed by atoms with Gasteiger partial charge in [0.05, 0.1) is 18.8 Å². The third-order valence-electron chi connectivity index (χ3n) is 8.38. The Balaban J connectivity index is 3.54. The van der Waals surface area contributed by atoms with Crippen LogP contribution in [0.1, 0.15) is 187 Å². The van der Waals surface area contributed by atoms with Crippen LogP contribution in [0.5, 0.6) is 0 Å². The molecule has 0 spiro atoms. The molecule has 0 fully saturated rings. The SMILES string of the molecule is CC/C=C\C/C=C\CCCCCCCCCCCCCCCCC(=O)NC(CO)C(O)/C=C/CCCCCCCCCC. The Labute approximate surface area is 268 Å². The van der Waals surface area contributed by atoms with Crippen molar-refractivity contribution < 1.29 is 15.0 Å². The first-order valence-electron chi connectivity index (χ1n) is 18.7. The summed E-state index contributed by atoms with van der Waals surface area (Å²) in [5.41, 5.74) is 0. The highest BCUT2D eigenvalue weighted by molar-refractivity contribution is 5.76. The van der Waals surface area contributed by atoms with Gasteiger partial charge in [-0.15, -0.1) is 0 Å². The fourth-order valence-electron chi connectivity index (χ4n) is 5.51. The van der Waals surface area contributed by atoms with Crippen molar-refractivity contribution in [2.75, 3.05) is 6.61 Å². The van der Waals surface area contributed by atoms with Crippen LogP contribution in [0.4, 0.5) is 0 Å². The summed E-state index contributed by atoms with van der Waals surface area (Å²) in [6.07, 6.45) is 45.2. The maximum Gasteiger partial charge on any atom is 0.220 e. The van der Waals surface area contributed by atoms with Crippen molar-refractivity contribution in [2.45, 2.75) is 199 Å². The van der Waals surface area contributed by atoms with E-state index < -0.39 is 12.1 Å². The summed E-state index contributed by atoms with van der Waals surface area (Å²) >= 11 is 0. The molecule has 4 heteroatoms. The second-order valence-electron chi connectivity index (χ2n) is 12.6. The molecule has 0 aliphatic rings. The van der Waals surface area contributed by atoms with Gasteiger partial charge in [-0.2, -0.15) is 0 Å². The lowest BCUT2D eigenvalue weighted by Gasteiger charge is -2.20. The number of unbranched alkanes of at least 4 members (excludes halogenated alkanes) is 22. The van der Waals surface area contributed by atoms with Gasteiger partial charge < -0.3 is 15.5 Å². The summed E-state index contributed by atoms with van der Waals surface area (Å²) in [5, 5.41) is 22.8. The fraction of sp³-hybridized carbons (Fsp3) is 0.821. The zero-order chi connectivity index (χ0) is 31.5. The number of hydrogen-bond donors (Lipinski definition) is 3. The lowest BCUT2D eigenvalue weighted by molar-refractivity contribution is -0.123. The summed E-state index contributed by atoms with van der Waals surface area (Å²) in [7, 11) is 0. The lowest BCUT2D eigenvalue weighted by Crippen LogP contribution is -2.45. The first-order chi connectivity index (χ1) is 21.2. The van der Waals surface area contributed by atoms with E-state index in [0.717, 1.165) is 38.5 Å². The average Bonchev–Trinajstić information content (AvgIpc) is 3.01. The van der Waals surface area contributed by atoms with Crippen molar-refractivity contribution in [1.29, 1.82) is 0 Å². The fourth-order valence-corrected chi connectivity index (χ4v) is 5.51. The molecule has 3 N–H and O–H groups in total. The van der Waals surface area contributed by atoms with Crippen molar-refractivity contribution in [3.05, 3.63) is 36.5 Å². The Kier molecular flexibility index (Phi) is 34.0. The normalized spacial score (nSPS) is 13.5. The van der Waals surface area contributed by atoms with Crippen LogP contribution in [0.2, 0.25) is 0 Å². The van der Waals surface area contributed by atoms with Gasteiger partial charge in [-0.05, 0) is 44.9 Å². The number of aliphatic hydroxyl groups excluding tert-OH is 2. The zero-order valence-electron chi connectivity index (χ0n) is 28.7. The molecular formula is C39H73NO3. The van der Waals surface area contributed by atoms with E-state index in [1.54, 1.807) is 6.08 Å². The second-order valence-corrected chi connectivity index (χ2v) is 12.6. The maximum atomic E-state index is 12.3. The van der Waals surface area contributed by atoms with Gasteiger partial charge in [-0.1, -0.05) is 172 Å². The molecule has 0 aliphatic heterocycles. The van der Waals surface area contributed by atoms with Gasteiger partial charge >= 0.3 is 0 Å². The van der Waals surface area contributed by atoms with Gasteiger partial charge in [0.2, 0.25) is 5.91 Å². The summed E-state index contributed by atoms with van der Waals surface area (Å²) in [5.74, 6) is -0.0677. The minimum atomic E-state index is -0.835. The summed E-state index contributed by atoms with van der Waals surface area (Å²) in [6.45, 7) is 4.18. The summed E-state index contributed by atoms with van der Waals surface area (Å²) < 4.78 is 0.